The van der Waals surface area contributed by atoms with E-state index in [0.717, 1.165) is 24.4 Å². The maximum absolute atomic E-state index is 8.86. The van der Waals surface area contributed by atoms with E-state index in [1.807, 2.05) is 24.3 Å². The number of nitrogens with one attached hydrogen (secondary N) is 1. The molecule has 0 radical (unpaired) electrons. The Morgan fingerprint density at radius 3 is 2.92 bits per heavy atom. The Hall–Kier alpha value is -2.68. The highest BCUT2D eigenvalue weighted by Gasteiger charge is 2.23. The van der Waals surface area contributed by atoms with Crippen molar-refractivity contribution in [1.82, 2.24) is 14.9 Å². The molecule has 1 aliphatic rings. The SMILES string of the molecule is Cc1ccc2c(c1)nc1n2C(CNCc2ccc(C#N)cc2)COC1. The van der Waals surface area contributed by atoms with Crippen LogP contribution in [0.3, 0.4) is 0 Å². The van der Waals surface area contributed by atoms with Crippen LogP contribution in [-0.4, -0.2) is 22.7 Å². The maximum atomic E-state index is 8.86. The second-order valence-electron chi connectivity index (χ2n) is 6.50. The van der Waals surface area contributed by atoms with Gasteiger partial charge in [-0.25, -0.2) is 4.98 Å². The summed E-state index contributed by atoms with van der Waals surface area (Å²) in [6, 6.07) is 16.5. The Morgan fingerprint density at radius 2 is 2.12 bits per heavy atom. The summed E-state index contributed by atoms with van der Waals surface area (Å²) in [7, 11) is 0. The van der Waals surface area contributed by atoms with Crippen LogP contribution in [-0.2, 0) is 17.9 Å². The van der Waals surface area contributed by atoms with Crippen molar-refractivity contribution in [3.05, 3.63) is 65.0 Å². The molecule has 3 aromatic rings. The molecule has 1 unspecified atom stereocenters. The third kappa shape index (κ3) is 3.14. The topological polar surface area (TPSA) is 62.9 Å². The monoisotopic (exact) mass is 332 g/mol. The molecule has 0 fully saturated rings. The van der Waals surface area contributed by atoms with E-state index in [9.17, 15) is 0 Å². The van der Waals surface area contributed by atoms with Gasteiger partial charge in [0.1, 0.15) is 12.4 Å². The predicted octanol–water partition coefficient (Wildman–Crippen LogP) is 3.08. The molecule has 0 aliphatic carbocycles. The molecule has 0 bridgehead atoms. The van der Waals surface area contributed by atoms with Gasteiger partial charge in [0.05, 0.1) is 35.3 Å². The van der Waals surface area contributed by atoms with E-state index >= 15 is 0 Å². The minimum absolute atomic E-state index is 0.231. The van der Waals surface area contributed by atoms with Gasteiger partial charge in [-0.1, -0.05) is 18.2 Å². The summed E-state index contributed by atoms with van der Waals surface area (Å²) in [6.07, 6.45) is 0. The molecule has 5 heteroatoms. The molecule has 5 nitrogen and oxygen atoms in total. The molecule has 0 spiro atoms. The second kappa shape index (κ2) is 6.67. The quantitative estimate of drug-likeness (QED) is 0.797. The smallest absolute Gasteiger partial charge is 0.136 e. The fourth-order valence-electron chi connectivity index (χ4n) is 3.36. The zero-order valence-electron chi connectivity index (χ0n) is 14.2. The molecule has 2 aromatic carbocycles. The molecule has 2 heterocycles. The van der Waals surface area contributed by atoms with E-state index in [2.05, 4.69) is 41.1 Å². The number of hydrogen-bond acceptors (Lipinski definition) is 4. The number of aryl methyl sites for hydroxylation is 1. The van der Waals surface area contributed by atoms with Crippen LogP contribution in [0.4, 0.5) is 0 Å². The molecule has 126 valence electrons. The predicted molar refractivity (Wildman–Crippen MR) is 96.0 cm³/mol. The summed E-state index contributed by atoms with van der Waals surface area (Å²) in [6.45, 7) is 4.92. The summed E-state index contributed by atoms with van der Waals surface area (Å²) in [4.78, 5) is 4.73. The van der Waals surface area contributed by atoms with Crippen LogP contribution in [0, 0.1) is 18.3 Å². The number of imidazole rings is 1. The van der Waals surface area contributed by atoms with Gasteiger partial charge in [-0.15, -0.1) is 0 Å². The summed E-state index contributed by atoms with van der Waals surface area (Å²) < 4.78 is 8.05. The van der Waals surface area contributed by atoms with Gasteiger partial charge in [0.2, 0.25) is 0 Å². The molecule has 4 rings (SSSR count). The van der Waals surface area contributed by atoms with Crippen molar-refractivity contribution in [1.29, 1.82) is 5.26 Å². The van der Waals surface area contributed by atoms with E-state index < -0.39 is 0 Å². The molecular weight excluding hydrogens is 312 g/mol. The molecule has 25 heavy (non-hydrogen) atoms. The van der Waals surface area contributed by atoms with Gasteiger partial charge in [-0.2, -0.15) is 5.26 Å². The van der Waals surface area contributed by atoms with Gasteiger partial charge in [0.15, 0.2) is 0 Å². The fraction of sp³-hybridized carbons (Fsp3) is 0.300. The van der Waals surface area contributed by atoms with Gasteiger partial charge in [-0.05, 0) is 42.3 Å². The van der Waals surface area contributed by atoms with Crippen molar-refractivity contribution in [3.63, 3.8) is 0 Å². The van der Waals surface area contributed by atoms with E-state index in [4.69, 9.17) is 15.0 Å². The van der Waals surface area contributed by atoms with Crippen molar-refractivity contribution in [2.75, 3.05) is 13.2 Å². The van der Waals surface area contributed by atoms with E-state index in [1.54, 1.807) is 0 Å². The molecule has 1 aliphatic heterocycles. The fourth-order valence-corrected chi connectivity index (χ4v) is 3.36. The third-order valence-electron chi connectivity index (χ3n) is 4.62. The number of nitriles is 1. The zero-order valence-corrected chi connectivity index (χ0v) is 14.2. The van der Waals surface area contributed by atoms with Crippen molar-refractivity contribution in [2.24, 2.45) is 0 Å². The van der Waals surface area contributed by atoms with Crippen LogP contribution in [0.15, 0.2) is 42.5 Å². The highest BCUT2D eigenvalue weighted by atomic mass is 16.5. The first-order valence-corrected chi connectivity index (χ1v) is 8.49. The largest absolute Gasteiger partial charge is 0.371 e. The second-order valence-corrected chi connectivity index (χ2v) is 6.50. The Kier molecular flexibility index (Phi) is 4.22. The van der Waals surface area contributed by atoms with Crippen LogP contribution >= 0.6 is 0 Å². The molecule has 0 saturated heterocycles. The van der Waals surface area contributed by atoms with Gasteiger partial charge >= 0.3 is 0 Å². The Morgan fingerprint density at radius 1 is 1.28 bits per heavy atom. The number of hydrogen-bond donors (Lipinski definition) is 1. The lowest BCUT2D eigenvalue weighted by molar-refractivity contribution is 0.0564. The van der Waals surface area contributed by atoms with Crippen molar-refractivity contribution in [3.8, 4) is 6.07 Å². The molecule has 1 atom stereocenters. The van der Waals surface area contributed by atoms with Crippen LogP contribution in [0.5, 0.6) is 0 Å². The van der Waals surface area contributed by atoms with Crippen LogP contribution in [0.2, 0.25) is 0 Å². The van der Waals surface area contributed by atoms with Crippen molar-refractivity contribution in [2.45, 2.75) is 26.1 Å². The number of fused-ring (bicyclic) bond motifs is 3. The van der Waals surface area contributed by atoms with Crippen molar-refractivity contribution < 1.29 is 4.74 Å². The zero-order chi connectivity index (χ0) is 17.2. The minimum atomic E-state index is 0.231. The summed E-state index contributed by atoms with van der Waals surface area (Å²) in [5.74, 6) is 0.997. The Bertz CT molecular complexity index is 937. The van der Waals surface area contributed by atoms with Crippen molar-refractivity contribution >= 4 is 11.0 Å². The number of ether oxygens (including phenoxy) is 1. The first kappa shape index (κ1) is 15.8. The third-order valence-corrected chi connectivity index (χ3v) is 4.62. The highest BCUT2D eigenvalue weighted by molar-refractivity contribution is 5.77. The molecule has 0 amide bonds. The average molecular weight is 332 g/mol. The summed E-state index contributed by atoms with van der Waals surface area (Å²) in [5.41, 5.74) is 5.29. The van der Waals surface area contributed by atoms with E-state index in [1.165, 1.54) is 16.6 Å². The first-order chi connectivity index (χ1) is 12.2. The highest BCUT2D eigenvalue weighted by Crippen LogP contribution is 2.26. The standard InChI is InChI=1S/C20H20N4O/c1-14-2-7-19-18(8-14)23-20-13-25-12-17(24(19)20)11-22-10-16-5-3-15(9-21)4-6-16/h2-8,17,22H,10-13H2,1H3. The lowest BCUT2D eigenvalue weighted by atomic mass is 10.1. The number of rotatable bonds is 4. The summed E-state index contributed by atoms with van der Waals surface area (Å²) in [5, 5.41) is 12.4. The number of benzene rings is 2. The van der Waals surface area contributed by atoms with Gasteiger partial charge in [0, 0.05) is 13.1 Å². The Labute approximate surface area is 146 Å². The van der Waals surface area contributed by atoms with E-state index in [-0.39, 0.29) is 6.04 Å². The molecule has 1 aromatic heterocycles. The average Bonchev–Trinajstić information content (AvgIpc) is 3.00. The van der Waals surface area contributed by atoms with Gasteiger partial charge in [0.25, 0.3) is 0 Å². The van der Waals surface area contributed by atoms with E-state index in [0.29, 0.717) is 18.8 Å². The lowest BCUT2D eigenvalue weighted by Crippen LogP contribution is -2.32. The number of nitrogens with zero attached hydrogens (tertiary/aromatic N) is 3. The van der Waals surface area contributed by atoms with Crippen LogP contribution in [0.25, 0.3) is 11.0 Å². The molecule has 0 saturated carbocycles. The first-order valence-electron chi connectivity index (χ1n) is 8.49. The minimum Gasteiger partial charge on any atom is -0.371 e. The maximum Gasteiger partial charge on any atom is 0.136 e. The Balaban J connectivity index is 1.49. The van der Waals surface area contributed by atoms with Gasteiger partial charge in [-0.3, -0.25) is 0 Å². The molecule has 1 N–H and O–H groups in total. The molecular formula is C20H20N4O. The normalized spacial score (nSPS) is 16.6. The lowest BCUT2D eigenvalue weighted by Gasteiger charge is -2.26. The number of aromatic nitrogens is 2. The van der Waals surface area contributed by atoms with Gasteiger partial charge < -0.3 is 14.6 Å². The summed E-state index contributed by atoms with van der Waals surface area (Å²) >= 11 is 0. The van der Waals surface area contributed by atoms with Crippen LogP contribution in [0.1, 0.15) is 28.6 Å². The van der Waals surface area contributed by atoms with Crippen LogP contribution < -0.4 is 5.32 Å².